The lowest BCUT2D eigenvalue weighted by atomic mass is 10.2. The highest BCUT2D eigenvalue weighted by Gasteiger charge is 2.14. The van der Waals surface area contributed by atoms with Gasteiger partial charge in [0.05, 0.1) is 10.2 Å². The van der Waals surface area contributed by atoms with Gasteiger partial charge in [-0.2, -0.15) is 0 Å². The molecule has 2 aromatic heterocycles. The van der Waals surface area contributed by atoms with E-state index < -0.39 is 0 Å². The Morgan fingerprint density at radius 3 is 3.05 bits per heavy atom. The molecule has 0 bridgehead atoms. The molecular formula is C14H15N5OS. The van der Waals surface area contributed by atoms with Gasteiger partial charge in [-0.3, -0.25) is 15.2 Å². The molecule has 6 nitrogen and oxygen atoms in total. The van der Waals surface area contributed by atoms with Crippen LogP contribution in [0.2, 0.25) is 0 Å². The summed E-state index contributed by atoms with van der Waals surface area (Å²) in [5.41, 5.74) is 2.05. The van der Waals surface area contributed by atoms with Gasteiger partial charge in [0.25, 0.3) is 5.91 Å². The molecule has 21 heavy (non-hydrogen) atoms. The maximum absolute atomic E-state index is 12.1. The zero-order valence-electron chi connectivity index (χ0n) is 11.8. The van der Waals surface area contributed by atoms with Gasteiger partial charge >= 0.3 is 0 Å². The Kier molecular flexibility index (Phi) is 3.66. The lowest BCUT2D eigenvalue weighted by Gasteiger charge is -1.95. The van der Waals surface area contributed by atoms with Crippen molar-refractivity contribution in [3.05, 3.63) is 35.4 Å². The molecule has 0 saturated heterocycles. The molecule has 108 valence electrons. The molecular weight excluding hydrogens is 286 g/mol. The first-order valence-electron chi connectivity index (χ1n) is 6.75. The predicted molar refractivity (Wildman–Crippen MR) is 82.7 cm³/mol. The number of hydrogen-bond donors (Lipinski definition) is 2. The summed E-state index contributed by atoms with van der Waals surface area (Å²) in [6, 6.07) is 6.00. The third-order valence-corrected chi connectivity index (χ3v) is 3.92. The Bertz CT molecular complexity index is 792. The van der Waals surface area contributed by atoms with Crippen molar-refractivity contribution in [3.63, 3.8) is 0 Å². The van der Waals surface area contributed by atoms with Crippen LogP contribution in [-0.2, 0) is 6.42 Å². The van der Waals surface area contributed by atoms with Crippen molar-refractivity contribution in [2.45, 2.75) is 26.7 Å². The molecule has 0 saturated carbocycles. The van der Waals surface area contributed by atoms with Gasteiger partial charge < -0.3 is 0 Å². The molecule has 0 spiro atoms. The van der Waals surface area contributed by atoms with Crippen molar-refractivity contribution in [1.82, 2.24) is 20.2 Å². The van der Waals surface area contributed by atoms with E-state index in [9.17, 15) is 4.79 Å². The van der Waals surface area contributed by atoms with Gasteiger partial charge in [-0.25, -0.2) is 9.97 Å². The van der Waals surface area contributed by atoms with Crippen LogP contribution in [-0.4, -0.2) is 26.1 Å². The van der Waals surface area contributed by atoms with E-state index in [2.05, 4.69) is 31.5 Å². The molecule has 0 aliphatic rings. The van der Waals surface area contributed by atoms with Crippen LogP contribution < -0.4 is 5.32 Å². The number of thiazole rings is 1. The normalized spacial score (nSPS) is 11.0. The second kappa shape index (κ2) is 5.61. The number of nitrogens with one attached hydrogen (secondary N) is 2. The fourth-order valence-electron chi connectivity index (χ4n) is 1.98. The summed E-state index contributed by atoms with van der Waals surface area (Å²) in [5, 5.41) is 10.00. The van der Waals surface area contributed by atoms with Crippen molar-refractivity contribution in [3.8, 4) is 0 Å². The molecule has 0 fully saturated rings. The Labute approximate surface area is 125 Å². The number of aryl methyl sites for hydroxylation is 2. The molecule has 0 unspecified atom stereocenters. The molecule has 1 aromatic carbocycles. The first kappa shape index (κ1) is 13.7. The molecule has 0 aliphatic heterocycles. The highest BCUT2D eigenvalue weighted by atomic mass is 32.1. The van der Waals surface area contributed by atoms with Crippen LogP contribution in [0, 0.1) is 6.92 Å². The minimum absolute atomic E-state index is 0.147. The molecule has 2 N–H and O–H groups in total. The molecule has 0 radical (unpaired) electrons. The Hall–Kier alpha value is -2.28. The molecule has 3 aromatic rings. The zero-order chi connectivity index (χ0) is 14.8. The Morgan fingerprint density at radius 2 is 2.24 bits per heavy atom. The fraction of sp³-hybridized carbons (Fsp3) is 0.286. The summed E-state index contributed by atoms with van der Waals surface area (Å²) in [6.07, 6.45) is 1.73. The average molecular weight is 301 g/mol. The lowest BCUT2D eigenvalue weighted by Crippen LogP contribution is -2.13. The molecule has 2 heterocycles. The van der Waals surface area contributed by atoms with E-state index in [4.69, 9.17) is 0 Å². The number of aromatic amines is 1. The number of H-pyrrole nitrogens is 1. The molecule has 3 rings (SSSR count). The number of hydrogen-bond acceptors (Lipinski definition) is 5. The number of benzene rings is 1. The summed E-state index contributed by atoms with van der Waals surface area (Å²) in [4.78, 5) is 20.6. The zero-order valence-corrected chi connectivity index (χ0v) is 12.6. The third-order valence-electron chi connectivity index (χ3n) is 2.99. The van der Waals surface area contributed by atoms with Crippen molar-refractivity contribution < 1.29 is 4.79 Å². The fourth-order valence-corrected chi connectivity index (χ4v) is 2.94. The molecule has 1 amide bonds. The lowest BCUT2D eigenvalue weighted by molar-refractivity contribution is 0.101. The van der Waals surface area contributed by atoms with Gasteiger partial charge in [-0.05, 0) is 31.0 Å². The van der Waals surface area contributed by atoms with E-state index in [1.165, 1.54) is 16.9 Å². The highest BCUT2D eigenvalue weighted by molar-refractivity contribution is 7.22. The average Bonchev–Trinajstić information content (AvgIpc) is 3.05. The van der Waals surface area contributed by atoms with E-state index >= 15 is 0 Å². The van der Waals surface area contributed by atoms with Gasteiger partial charge in [-0.15, -0.1) is 5.10 Å². The number of anilines is 1. The SMILES string of the molecule is CCCc1nc(C(=O)Nc2nc3ccc(C)cc3s2)n[nH]1. The van der Waals surface area contributed by atoms with E-state index in [0.29, 0.717) is 5.13 Å². The van der Waals surface area contributed by atoms with Crippen molar-refractivity contribution in [2.24, 2.45) is 0 Å². The number of rotatable bonds is 4. The van der Waals surface area contributed by atoms with Crippen LogP contribution in [0.25, 0.3) is 10.2 Å². The third kappa shape index (κ3) is 2.92. The second-order valence-corrected chi connectivity index (χ2v) is 5.83. The second-order valence-electron chi connectivity index (χ2n) is 4.80. The van der Waals surface area contributed by atoms with Gasteiger partial charge in [-0.1, -0.05) is 24.3 Å². The van der Waals surface area contributed by atoms with Gasteiger partial charge in [0.2, 0.25) is 5.82 Å². The minimum Gasteiger partial charge on any atom is -0.295 e. The first-order valence-corrected chi connectivity index (χ1v) is 7.57. The van der Waals surface area contributed by atoms with Crippen molar-refractivity contribution in [1.29, 1.82) is 0 Å². The summed E-state index contributed by atoms with van der Waals surface area (Å²) >= 11 is 1.44. The standard InChI is InChI=1S/C14H15N5OS/c1-3-4-11-16-12(19-18-11)13(20)17-14-15-9-6-5-8(2)7-10(9)21-14/h5-7H,3-4H2,1-2H3,(H,15,17,20)(H,16,18,19). The molecule has 0 atom stereocenters. The number of carbonyl (C=O) groups excluding carboxylic acids is 1. The van der Waals surface area contributed by atoms with Crippen LogP contribution in [0.3, 0.4) is 0 Å². The van der Waals surface area contributed by atoms with Crippen molar-refractivity contribution in [2.75, 3.05) is 5.32 Å². The first-order chi connectivity index (χ1) is 10.2. The van der Waals surface area contributed by atoms with E-state index in [-0.39, 0.29) is 11.7 Å². The number of fused-ring (bicyclic) bond motifs is 1. The number of aromatic nitrogens is 4. The number of nitrogens with zero attached hydrogens (tertiary/aromatic N) is 3. The van der Waals surface area contributed by atoms with E-state index in [0.717, 1.165) is 28.9 Å². The monoisotopic (exact) mass is 301 g/mol. The van der Waals surface area contributed by atoms with Gasteiger partial charge in [0.1, 0.15) is 5.82 Å². The molecule has 0 aliphatic carbocycles. The maximum Gasteiger partial charge on any atom is 0.297 e. The van der Waals surface area contributed by atoms with Crippen LogP contribution in [0.4, 0.5) is 5.13 Å². The Balaban J connectivity index is 1.78. The van der Waals surface area contributed by atoms with Crippen LogP contribution >= 0.6 is 11.3 Å². The highest BCUT2D eigenvalue weighted by Crippen LogP contribution is 2.26. The predicted octanol–water partition coefficient (Wildman–Crippen LogP) is 2.93. The Morgan fingerprint density at radius 1 is 1.38 bits per heavy atom. The largest absolute Gasteiger partial charge is 0.297 e. The van der Waals surface area contributed by atoms with Crippen LogP contribution in [0.5, 0.6) is 0 Å². The smallest absolute Gasteiger partial charge is 0.295 e. The quantitative estimate of drug-likeness (QED) is 0.776. The summed E-state index contributed by atoms with van der Waals surface area (Å²) < 4.78 is 1.05. The van der Waals surface area contributed by atoms with Crippen LogP contribution in [0.1, 0.15) is 35.4 Å². The van der Waals surface area contributed by atoms with Crippen LogP contribution in [0.15, 0.2) is 18.2 Å². The minimum atomic E-state index is -0.343. The van der Waals surface area contributed by atoms with Gasteiger partial charge in [0, 0.05) is 6.42 Å². The summed E-state index contributed by atoms with van der Waals surface area (Å²) in [7, 11) is 0. The van der Waals surface area contributed by atoms with E-state index in [1.54, 1.807) is 0 Å². The summed E-state index contributed by atoms with van der Waals surface area (Å²) in [5.74, 6) is 0.529. The number of carbonyl (C=O) groups is 1. The van der Waals surface area contributed by atoms with E-state index in [1.807, 2.05) is 26.0 Å². The summed E-state index contributed by atoms with van der Waals surface area (Å²) in [6.45, 7) is 4.08. The van der Waals surface area contributed by atoms with Gasteiger partial charge in [0.15, 0.2) is 5.13 Å². The maximum atomic E-state index is 12.1. The number of amides is 1. The van der Waals surface area contributed by atoms with Crippen molar-refractivity contribution >= 4 is 32.6 Å². The molecule has 7 heteroatoms. The topological polar surface area (TPSA) is 83.6 Å².